The van der Waals surface area contributed by atoms with Crippen LogP contribution in [0.2, 0.25) is 0 Å². The van der Waals surface area contributed by atoms with E-state index in [9.17, 15) is 34.8 Å². The first-order valence-electron chi connectivity index (χ1n) is 11.5. The number of nitrogens with zero attached hydrogens (tertiary/aromatic N) is 3. The maximum absolute atomic E-state index is 13.8. The van der Waals surface area contributed by atoms with Crippen molar-refractivity contribution in [2.75, 3.05) is 19.8 Å². The highest BCUT2D eigenvalue weighted by Crippen LogP contribution is 2.53. The number of carbonyl (C=O) groups excluding carboxylic acids is 3. The molecule has 1 aromatic carbocycles. The fourth-order valence-electron chi connectivity index (χ4n) is 5.99. The summed E-state index contributed by atoms with van der Waals surface area (Å²) in [6.07, 6.45) is 3.14. The van der Waals surface area contributed by atoms with Crippen LogP contribution in [0.3, 0.4) is 0 Å². The molecule has 1 unspecified atom stereocenters. The molecule has 3 aliphatic rings. The van der Waals surface area contributed by atoms with Crippen LogP contribution in [0.5, 0.6) is 5.75 Å². The monoisotopic (exact) mass is 507 g/mol. The van der Waals surface area contributed by atoms with Crippen LogP contribution in [0.1, 0.15) is 17.5 Å². The van der Waals surface area contributed by atoms with E-state index in [1.54, 1.807) is 20.2 Å². The van der Waals surface area contributed by atoms with Gasteiger partial charge < -0.3 is 31.9 Å². The van der Waals surface area contributed by atoms with Crippen molar-refractivity contribution in [1.29, 1.82) is 0 Å². The predicted molar refractivity (Wildman–Crippen MR) is 130 cm³/mol. The number of likely N-dealkylation sites (N-methyl/N-ethyl adjacent to an activating group) is 1. The SMILES string of the molecule is CN(C)C1C(=O)C(C(N)=O)=C(O)[C@]2(O)C(=O)C3=C(O)c4c(O)ccc(-c5cnc(N)nc5)c4C[C@H]3C[C@@H]12. The molecule has 3 aliphatic carbocycles. The van der Waals surface area contributed by atoms with E-state index in [0.717, 1.165) is 0 Å². The number of amides is 1. The highest BCUT2D eigenvalue weighted by Gasteiger charge is 2.64. The number of nitrogen functional groups attached to an aromatic ring is 1. The molecular formula is C25H25N5O7. The summed E-state index contributed by atoms with van der Waals surface area (Å²) in [5, 5.41) is 44.4. The molecule has 4 atom stereocenters. The number of nitrogens with two attached hydrogens (primary N) is 2. The van der Waals surface area contributed by atoms with Crippen LogP contribution in [-0.2, 0) is 20.8 Å². The first-order valence-corrected chi connectivity index (χ1v) is 11.5. The zero-order chi connectivity index (χ0) is 27.0. The second-order valence-corrected chi connectivity index (χ2v) is 9.78. The van der Waals surface area contributed by atoms with E-state index in [2.05, 4.69) is 9.97 Å². The summed E-state index contributed by atoms with van der Waals surface area (Å²) in [6, 6.07) is 1.82. The first-order chi connectivity index (χ1) is 17.4. The van der Waals surface area contributed by atoms with E-state index >= 15 is 0 Å². The normalized spacial score (nSPS) is 27.2. The number of aromatic nitrogens is 2. The third-order valence-electron chi connectivity index (χ3n) is 7.59. The molecule has 1 saturated carbocycles. The van der Waals surface area contributed by atoms with E-state index in [4.69, 9.17) is 11.5 Å². The Kier molecular flexibility index (Phi) is 5.35. The van der Waals surface area contributed by atoms with E-state index in [1.807, 2.05) is 0 Å². The second kappa shape index (κ2) is 8.11. The zero-order valence-electron chi connectivity index (χ0n) is 20.0. The highest BCUT2D eigenvalue weighted by atomic mass is 16.3. The van der Waals surface area contributed by atoms with Gasteiger partial charge in [-0.2, -0.15) is 0 Å². The molecule has 0 bridgehead atoms. The first kappa shape index (κ1) is 24.4. The molecule has 0 radical (unpaired) electrons. The predicted octanol–water partition coefficient (Wildman–Crippen LogP) is 0.00320. The summed E-state index contributed by atoms with van der Waals surface area (Å²) in [6.45, 7) is 0. The summed E-state index contributed by atoms with van der Waals surface area (Å²) < 4.78 is 0. The fourth-order valence-corrected chi connectivity index (χ4v) is 5.99. The van der Waals surface area contributed by atoms with Gasteiger partial charge in [0.25, 0.3) is 5.91 Å². The van der Waals surface area contributed by atoms with Crippen molar-refractivity contribution >= 4 is 29.2 Å². The Morgan fingerprint density at radius 3 is 2.38 bits per heavy atom. The average Bonchev–Trinajstić information content (AvgIpc) is 2.82. The molecule has 5 rings (SSSR count). The minimum atomic E-state index is -2.68. The van der Waals surface area contributed by atoms with Crippen LogP contribution in [0, 0.1) is 11.8 Å². The quantitative estimate of drug-likeness (QED) is 0.304. The molecule has 0 aliphatic heterocycles. The van der Waals surface area contributed by atoms with Gasteiger partial charge in [0, 0.05) is 29.4 Å². The lowest BCUT2D eigenvalue weighted by Gasteiger charge is -2.50. The number of rotatable bonds is 3. The summed E-state index contributed by atoms with van der Waals surface area (Å²) in [5.41, 5.74) is 8.84. The van der Waals surface area contributed by atoms with Crippen LogP contribution in [0.4, 0.5) is 5.95 Å². The van der Waals surface area contributed by atoms with E-state index in [1.165, 1.54) is 23.4 Å². The van der Waals surface area contributed by atoms with Crippen molar-refractivity contribution in [3.05, 3.63) is 52.6 Å². The molecule has 1 fully saturated rings. The van der Waals surface area contributed by atoms with Crippen LogP contribution >= 0.6 is 0 Å². The summed E-state index contributed by atoms with van der Waals surface area (Å²) in [4.78, 5) is 48.5. The molecule has 2 aromatic rings. The number of Topliss-reactive ketones (excluding diaryl/α,β-unsaturated/α-hetero) is 2. The van der Waals surface area contributed by atoms with Crippen molar-refractivity contribution in [2.45, 2.75) is 24.5 Å². The third kappa shape index (κ3) is 3.26. The van der Waals surface area contributed by atoms with E-state index in [0.29, 0.717) is 16.7 Å². The number of hydrogen-bond acceptors (Lipinski definition) is 11. The minimum Gasteiger partial charge on any atom is -0.508 e. The van der Waals surface area contributed by atoms with Crippen molar-refractivity contribution < 1.29 is 34.8 Å². The van der Waals surface area contributed by atoms with Crippen LogP contribution < -0.4 is 11.5 Å². The number of carbonyl (C=O) groups is 3. The number of hydrogen-bond donors (Lipinski definition) is 6. The number of anilines is 1. The van der Waals surface area contributed by atoms with Gasteiger partial charge in [0.05, 0.1) is 11.6 Å². The molecule has 8 N–H and O–H groups in total. The molecule has 1 amide bonds. The number of aliphatic hydroxyl groups excluding tert-OH is 2. The van der Waals surface area contributed by atoms with Gasteiger partial charge in [-0.05, 0) is 50.0 Å². The summed E-state index contributed by atoms with van der Waals surface area (Å²) >= 11 is 0. The molecular weight excluding hydrogens is 482 g/mol. The Hall–Kier alpha value is -4.29. The van der Waals surface area contributed by atoms with Gasteiger partial charge in [-0.25, -0.2) is 9.97 Å². The van der Waals surface area contributed by atoms with Gasteiger partial charge in [0.15, 0.2) is 11.4 Å². The summed E-state index contributed by atoms with van der Waals surface area (Å²) in [5.74, 6) is -6.90. The van der Waals surface area contributed by atoms with Crippen LogP contribution in [0.25, 0.3) is 16.9 Å². The largest absolute Gasteiger partial charge is 0.508 e. The number of phenolic OH excluding ortho intramolecular Hbond substituents is 1. The van der Waals surface area contributed by atoms with Gasteiger partial charge in [0.1, 0.15) is 22.8 Å². The Balaban J connectivity index is 1.74. The maximum Gasteiger partial charge on any atom is 0.255 e. The Labute approximate surface area is 210 Å². The molecule has 0 spiro atoms. The molecule has 0 saturated heterocycles. The number of ketones is 2. The minimum absolute atomic E-state index is 0.000897. The lowest BCUT2D eigenvalue weighted by molar-refractivity contribution is -0.153. The van der Waals surface area contributed by atoms with Gasteiger partial charge in [-0.15, -0.1) is 0 Å². The molecule has 1 aromatic heterocycles. The Morgan fingerprint density at radius 1 is 1.14 bits per heavy atom. The van der Waals surface area contributed by atoms with Gasteiger partial charge in [0.2, 0.25) is 11.7 Å². The number of benzene rings is 1. The third-order valence-corrected chi connectivity index (χ3v) is 7.59. The maximum atomic E-state index is 13.8. The van der Waals surface area contributed by atoms with Crippen molar-refractivity contribution in [2.24, 2.45) is 17.6 Å². The standard InChI is InChI=1S/C25H25N5O7/c1-30(2)18-13-6-9-5-12-11(10-7-28-24(27)29-8-10)3-4-14(31)16(12)19(32)15(9)21(34)25(13,37)22(35)17(20(18)33)23(26)36/h3-4,7-9,13,18,31-32,35,37H,5-6H2,1-2H3,(H2,26,36)(H2,27,28,29)/t9-,13-,18?,25+/m0/s1. The molecule has 12 heteroatoms. The molecule has 1 heterocycles. The number of fused-ring (bicyclic) bond motifs is 3. The molecule has 37 heavy (non-hydrogen) atoms. The number of primary amides is 1. The number of aliphatic hydroxyl groups is 3. The zero-order valence-corrected chi connectivity index (χ0v) is 20.0. The number of phenols is 1. The second-order valence-electron chi connectivity index (χ2n) is 9.78. The van der Waals surface area contributed by atoms with Gasteiger partial charge in [-0.1, -0.05) is 6.07 Å². The molecule has 192 valence electrons. The van der Waals surface area contributed by atoms with Gasteiger partial charge >= 0.3 is 0 Å². The number of aromatic hydroxyl groups is 1. The topological polar surface area (TPSA) is 213 Å². The smallest absolute Gasteiger partial charge is 0.255 e. The van der Waals surface area contributed by atoms with Crippen molar-refractivity contribution in [1.82, 2.24) is 14.9 Å². The fraction of sp³-hybridized carbons (Fsp3) is 0.320. The Bertz CT molecular complexity index is 1450. The van der Waals surface area contributed by atoms with E-state index in [-0.39, 0.29) is 35.7 Å². The summed E-state index contributed by atoms with van der Waals surface area (Å²) in [7, 11) is 3.09. The van der Waals surface area contributed by atoms with Crippen LogP contribution in [-0.4, -0.2) is 78.5 Å². The van der Waals surface area contributed by atoms with Crippen LogP contribution in [0.15, 0.2) is 41.4 Å². The lowest BCUT2D eigenvalue weighted by Crippen LogP contribution is -2.65. The highest BCUT2D eigenvalue weighted by molar-refractivity contribution is 6.24. The molecule has 12 nitrogen and oxygen atoms in total. The lowest BCUT2D eigenvalue weighted by atomic mass is 9.57. The van der Waals surface area contributed by atoms with E-state index < -0.39 is 58.0 Å². The van der Waals surface area contributed by atoms with Gasteiger partial charge in [-0.3, -0.25) is 19.3 Å². The van der Waals surface area contributed by atoms with Crippen molar-refractivity contribution in [3.8, 4) is 16.9 Å². The van der Waals surface area contributed by atoms with Crippen molar-refractivity contribution in [3.63, 3.8) is 0 Å². The Morgan fingerprint density at radius 2 is 1.78 bits per heavy atom. The average molecular weight is 508 g/mol.